The predicted octanol–water partition coefficient (Wildman–Crippen LogP) is 3.22. The lowest BCUT2D eigenvalue weighted by Crippen LogP contribution is -2.42. The highest BCUT2D eigenvalue weighted by molar-refractivity contribution is 5.97. The third-order valence-corrected chi connectivity index (χ3v) is 3.55. The topological polar surface area (TPSA) is 20.3 Å². The molecule has 0 saturated heterocycles. The Bertz CT molecular complexity index is 435. The van der Waals surface area contributed by atoms with Gasteiger partial charge in [-0.15, -0.1) is 0 Å². The van der Waals surface area contributed by atoms with Crippen molar-refractivity contribution in [3.63, 3.8) is 0 Å². The number of rotatable bonds is 2. The smallest absolute Gasteiger partial charge is 0.254 e. The molecule has 0 bridgehead atoms. The Balaban J connectivity index is 2.45. The van der Waals surface area contributed by atoms with E-state index < -0.39 is 0 Å². The fraction of sp³-hybridized carbons (Fsp3) is 0.533. The van der Waals surface area contributed by atoms with Gasteiger partial charge in [-0.2, -0.15) is 0 Å². The van der Waals surface area contributed by atoms with Gasteiger partial charge in [-0.1, -0.05) is 26.0 Å². The summed E-state index contributed by atoms with van der Waals surface area (Å²) in [6.45, 7) is 9.39. The quantitative estimate of drug-likeness (QED) is 0.765. The minimum Gasteiger partial charge on any atom is -0.336 e. The van der Waals surface area contributed by atoms with Crippen LogP contribution in [0.2, 0.25) is 0 Å². The highest BCUT2D eigenvalue weighted by atomic mass is 16.2. The van der Waals surface area contributed by atoms with Crippen LogP contribution in [0.5, 0.6) is 0 Å². The summed E-state index contributed by atoms with van der Waals surface area (Å²) in [5.41, 5.74) is 3.51. The van der Waals surface area contributed by atoms with Crippen LogP contribution in [0.4, 0.5) is 0 Å². The second-order valence-corrected chi connectivity index (χ2v) is 5.37. The molecule has 0 spiro atoms. The molecule has 0 aromatic heterocycles. The predicted molar refractivity (Wildman–Crippen MR) is 70.4 cm³/mol. The van der Waals surface area contributed by atoms with E-state index in [9.17, 15) is 4.79 Å². The van der Waals surface area contributed by atoms with Crippen molar-refractivity contribution >= 4 is 5.91 Å². The number of nitrogens with zero attached hydrogens (tertiary/aromatic N) is 1. The lowest BCUT2D eigenvalue weighted by atomic mass is 9.88. The molecule has 0 aliphatic carbocycles. The Morgan fingerprint density at radius 1 is 1.18 bits per heavy atom. The number of fused-ring (bicyclic) bond motifs is 1. The zero-order valence-corrected chi connectivity index (χ0v) is 11.2. The van der Waals surface area contributed by atoms with Crippen LogP contribution in [0, 0.1) is 0 Å². The highest BCUT2D eigenvalue weighted by Gasteiger charge is 2.27. The Morgan fingerprint density at radius 2 is 1.88 bits per heavy atom. The van der Waals surface area contributed by atoms with Gasteiger partial charge in [0.15, 0.2) is 0 Å². The molecule has 2 nitrogen and oxygen atoms in total. The second-order valence-electron chi connectivity index (χ2n) is 5.37. The summed E-state index contributed by atoms with van der Waals surface area (Å²) < 4.78 is 0. The maximum Gasteiger partial charge on any atom is 0.254 e. The van der Waals surface area contributed by atoms with E-state index in [1.165, 1.54) is 11.1 Å². The molecule has 0 fully saturated rings. The fourth-order valence-electron chi connectivity index (χ4n) is 2.61. The van der Waals surface area contributed by atoms with Crippen LogP contribution in [-0.2, 0) is 6.42 Å². The van der Waals surface area contributed by atoms with Crippen LogP contribution >= 0.6 is 0 Å². The molecule has 2 rings (SSSR count). The molecule has 1 aliphatic rings. The normalized spacial score (nSPS) is 15.6. The standard InChI is InChI=1S/C15H21NO/c1-10(2)12-6-5-7-14-13(12)8-9-16(11(3)4)15(14)17/h5-7,10-11H,8-9H2,1-4H3. The largest absolute Gasteiger partial charge is 0.336 e. The van der Waals surface area contributed by atoms with Crippen LogP contribution in [0.1, 0.15) is 55.1 Å². The SMILES string of the molecule is CC(C)c1cccc2c1CCN(C(C)C)C2=O. The van der Waals surface area contributed by atoms with E-state index in [-0.39, 0.29) is 5.91 Å². The zero-order chi connectivity index (χ0) is 12.6. The minimum atomic E-state index is 0.198. The number of hydrogen-bond acceptors (Lipinski definition) is 1. The summed E-state index contributed by atoms with van der Waals surface area (Å²) in [5, 5.41) is 0. The summed E-state index contributed by atoms with van der Waals surface area (Å²) in [7, 11) is 0. The van der Waals surface area contributed by atoms with Crippen LogP contribution in [0.3, 0.4) is 0 Å². The van der Waals surface area contributed by atoms with Gasteiger partial charge < -0.3 is 4.90 Å². The van der Waals surface area contributed by atoms with Gasteiger partial charge in [0.25, 0.3) is 5.91 Å². The van der Waals surface area contributed by atoms with E-state index in [0.29, 0.717) is 12.0 Å². The summed E-state index contributed by atoms with van der Waals surface area (Å²) in [6.07, 6.45) is 0.994. The highest BCUT2D eigenvalue weighted by Crippen LogP contribution is 2.28. The van der Waals surface area contributed by atoms with Crippen LogP contribution in [0.25, 0.3) is 0 Å². The first-order valence-electron chi connectivity index (χ1n) is 6.45. The third kappa shape index (κ3) is 2.08. The molecule has 1 aromatic carbocycles. The Labute approximate surface area is 104 Å². The average molecular weight is 231 g/mol. The van der Waals surface area contributed by atoms with E-state index in [1.807, 2.05) is 17.0 Å². The molecular formula is C15H21NO. The van der Waals surface area contributed by atoms with Gasteiger partial charge in [0.05, 0.1) is 0 Å². The van der Waals surface area contributed by atoms with Gasteiger partial charge in [-0.25, -0.2) is 0 Å². The van der Waals surface area contributed by atoms with Crippen molar-refractivity contribution in [3.8, 4) is 0 Å². The molecule has 1 amide bonds. The molecule has 0 saturated carbocycles. The lowest BCUT2D eigenvalue weighted by Gasteiger charge is -2.33. The molecule has 0 unspecified atom stereocenters. The maximum absolute atomic E-state index is 12.4. The molecule has 1 heterocycles. The number of carbonyl (C=O) groups excluding carboxylic acids is 1. The van der Waals surface area contributed by atoms with Gasteiger partial charge in [0.1, 0.15) is 0 Å². The van der Waals surface area contributed by atoms with E-state index in [2.05, 4.69) is 33.8 Å². The first kappa shape index (κ1) is 12.2. The monoisotopic (exact) mass is 231 g/mol. The van der Waals surface area contributed by atoms with Gasteiger partial charge in [0.2, 0.25) is 0 Å². The number of amides is 1. The summed E-state index contributed by atoms with van der Waals surface area (Å²) >= 11 is 0. The Morgan fingerprint density at radius 3 is 2.47 bits per heavy atom. The summed E-state index contributed by atoms with van der Waals surface area (Å²) in [4.78, 5) is 14.3. The Hall–Kier alpha value is -1.31. The van der Waals surface area contributed by atoms with Gasteiger partial charge in [-0.3, -0.25) is 4.79 Å². The number of carbonyl (C=O) groups is 1. The minimum absolute atomic E-state index is 0.198. The van der Waals surface area contributed by atoms with Crippen molar-refractivity contribution < 1.29 is 4.79 Å². The molecule has 17 heavy (non-hydrogen) atoms. The number of benzene rings is 1. The first-order chi connectivity index (χ1) is 8.02. The van der Waals surface area contributed by atoms with Crippen molar-refractivity contribution in [3.05, 3.63) is 34.9 Å². The zero-order valence-electron chi connectivity index (χ0n) is 11.2. The van der Waals surface area contributed by atoms with Crippen molar-refractivity contribution in [2.75, 3.05) is 6.54 Å². The molecule has 1 aromatic rings. The van der Waals surface area contributed by atoms with Crippen LogP contribution in [0.15, 0.2) is 18.2 Å². The third-order valence-electron chi connectivity index (χ3n) is 3.55. The fourth-order valence-corrected chi connectivity index (χ4v) is 2.61. The molecule has 92 valence electrons. The van der Waals surface area contributed by atoms with Crippen LogP contribution in [-0.4, -0.2) is 23.4 Å². The van der Waals surface area contributed by atoms with Crippen molar-refractivity contribution in [1.82, 2.24) is 4.90 Å². The van der Waals surface area contributed by atoms with Crippen LogP contribution < -0.4 is 0 Å². The van der Waals surface area contributed by atoms with E-state index in [1.54, 1.807) is 0 Å². The maximum atomic E-state index is 12.4. The summed E-state index contributed by atoms with van der Waals surface area (Å²) in [6, 6.07) is 6.42. The number of hydrogen-bond donors (Lipinski definition) is 0. The molecule has 0 atom stereocenters. The second kappa shape index (κ2) is 4.52. The van der Waals surface area contributed by atoms with Crippen molar-refractivity contribution in [1.29, 1.82) is 0 Å². The van der Waals surface area contributed by atoms with E-state index in [0.717, 1.165) is 18.5 Å². The first-order valence-corrected chi connectivity index (χ1v) is 6.45. The lowest BCUT2D eigenvalue weighted by molar-refractivity contribution is 0.0688. The van der Waals surface area contributed by atoms with E-state index in [4.69, 9.17) is 0 Å². The average Bonchev–Trinajstić information content (AvgIpc) is 2.28. The van der Waals surface area contributed by atoms with Gasteiger partial charge in [0, 0.05) is 18.2 Å². The Kier molecular flexibility index (Phi) is 3.23. The molecule has 1 aliphatic heterocycles. The molecular weight excluding hydrogens is 210 g/mol. The molecule has 0 N–H and O–H groups in total. The molecule has 2 heteroatoms. The molecule has 0 radical (unpaired) electrons. The van der Waals surface area contributed by atoms with Gasteiger partial charge in [-0.05, 0) is 43.4 Å². The van der Waals surface area contributed by atoms with Crippen molar-refractivity contribution in [2.45, 2.75) is 46.1 Å². The summed E-state index contributed by atoms with van der Waals surface area (Å²) in [5.74, 6) is 0.687. The van der Waals surface area contributed by atoms with Gasteiger partial charge >= 0.3 is 0 Å². The van der Waals surface area contributed by atoms with E-state index >= 15 is 0 Å². The van der Waals surface area contributed by atoms with Crippen molar-refractivity contribution in [2.24, 2.45) is 0 Å².